The van der Waals surface area contributed by atoms with Crippen molar-refractivity contribution in [3.63, 3.8) is 0 Å². The Hall–Kier alpha value is -0.880. The summed E-state index contributed by atoms with van der Waals surface area (Å²) in [5, 5.41) is 1.93. The first-order chi connectivity index (χ1) is 9.65. The van der Waals surface area contributed by atoms with Crippen LogP contribution in [-0.2, 0) is 0 Å². The molecule has 2 heterocycles. The molecule has 0 radical (unpaired) electrons. The summed E-state index contributed by atoms with van der Waals surface area (Å²) < 4.78 is 0.953. The first kappa shape index (κ1) is 16.5. The molecule has 0 saturated carbocycles. The molecule has 2 N–H and O–H groups in total. The van der Waals surface area contributed by atoms with E-state index >= 15 is 0 Å². The second-order valence-corrected chi connectivity index (χ2v) is 6.85. The van der Waals surface area contributed by atoms with Gasteiger partial charge in [0.15, 0.2) is 0 Å². The molecule has 1 saturated heterocycles. The van der Waals surface area contributed by atoms with Gasteiger partial charge in [0.05, 0.1) is 4.88 Å². The van der Waals surface area contributed by atoms with Crippen LogP contribution >= 0.6 is 39.7 Å². The van der Waals surface area contributed by atoms with Crippen molar-refractivity contribution in [3.05, 3.63) is 56.7 Å². The first-order valence-electron chi connectivity index (χ1n) is 6.49. The molecule has 1 aromatic carbocycles. The van der Waals surface area contributed by atoms with Gasteiger partial charge in [0.2, 0.25) is 0 Å². The van der Waals surface area contributed by atoms with Gasteiger partial charge >= 0.3 is 0 Å². The Morgan fingerprint density at radius 2 is 2.00 bits per heavy atom. The average molecular weight is 388 g/mol. The SMILES string of the molecule is Cl.N[C@@H]1CN(C(=O)c2cc(Br)cs2)C[C@H]1c1ccccc1. The third-order valence-electron chi connectivity index (χ3n) is 3.66. The standard InChI is InChI=1S/C15H15BrN2OS.ClH/c16-11-6-14(20-9-11)15(19)18-7-12(13(17)8-18)10-4-2-1-3-5-10;/h1-6,9,12-13H,7-8,17H2;1H/t12-,13+;/m0./s1. The van der Waals surface area contributed by atoms with Crippen LogP contribution in [0, 0.1) is 0 Å². The van der Waals surface area contributed by atoms with Crippen molar-refractivity contribution in [1.29, 1.82) is 0 Å². The Morgan fingerprint density at radius 3 is 2.62 bits per heavy atom. The predicted molar refractivity (Wildman–Crippen MR) is 92.3 cm³/mol. The van der Waals surface area contributed by atoms with E-state index in [0.29, 0.717) is 13.1 Å². The fourth-order valence-corrected chi connectivity index (χ4v) is 4.02. The quantitative estimate of drug-likeness (QED) is 0.857. The second-order valence-electron chi connectivity index (χ2n) is 5.02. The molecule has 0 unspecified atom stereocenters. The van der Waals surface area contributed by atoms with Crippen LogP contribution in [0.5, 0.6) is 0 Å². The van der Waals surface area contributed by atoms with Gasteiger partial charge in [-0.3, -0.25) is 4.79 Å². The Morgan fingerprint density at radius 1 is 1.29 bits per heavy atom. The number of nitrogens with two attached hydrogens (primary N) is 1. The van der Waals surface area contributed by atoms with Gasteiger partial charge in [0.1, 0.15) is 0 Å². The minimum atomic E-state index is 0. The summed E-state index contributed by atoms with van der Waals surface area (Å²) >= 11 is 4.85. The lowest BCUT2D eigenvalue weighted by molar-refractivity contribution is 0.0794. The van der Waals surface area contributed by atoms with E-state index in [2.05, 4.69) is 28.1 Å². The predicted octanol–water partition coefficient (Wildman–Crippen LogP) is 3.50. The minimum absolute atomic E-state index is 0. The van der Waals surface area contributed by atoms with Gasteiger partial charge in [-0.2, -0.15) is 0 Å². The number of thiophene rings is 1. The number of hydrogen-bond donors (Lipinski definition) is 1. The van der Waals surface area contributed by atoms with E-state index < -0.39 is 0 Å². The monoisotopic (exact) mass is 386 g/mol. The van der Waals surface area contributed by atoms with E-state index in [9.17, 15) is 4.79 Å². The summed E-state index contributed by atoms with van der Waals surface area (Å²) in [7, 11) is 0. The zero-order valence-electron chi connectivity index (χ0n) is 11.2. The van der Waals surface area contributed by atoms with E-state index in [0.717, 1.165) is 9.35 Å². The maximum atomic E-state index is 12.4. The molecular formula is C15H16BrClN2OS. The number of rotatable bonds is 2. The van der Waals surface area contributed by atoms with Gasteiger partial charge in [-0.1, -0.05) is 30.3 Å². The summed E-state index contributed by atoms with van der Waals surface area (Å²) in [5.41, 5.74) is 7.43. The highest BCUT2D eigenvalue weighted by atomic mass is 79.9. The van der Waals surface area contributed by atoms with E-state index in [-0.39, 0.29) is 30.3 Å². The number of carbonyl (C=O) groups excluding carboxylic acids is 1. The van der Waals surface area contributed by atoms with Crippen LogP contribution in [-0.4, -0.2) is 29.9 Å². The number of carbonyl (C=O) groups is 1. The first-order valence-corrected chi connectivity index (χ1v) is 8.16. The van der Waals surface area contributed by atoms with Gasteiger partial charge in [-0.15, -0.1) is 23.7 Å². The molecule has 1 fully saturated rings. The van der Waals surface area contributed by atoms with E-state index in [1.165, 1.54) is 16.9 Å². The minimum Gasteiger partial charge on any atom is -0.336 e. The van der Waals surface area contributed by atoms with Gasteiger partial charge in [0, 0.05) is 34.9 Å². The summed E-state index contributed by atoms with van der Waals surface area (Å²) in [6, 6.07) is 12.1. The second kappa shape index (κ2) is 6.92. The molecule has 0 aliphatic carbocycles. The number of nitrogens with zero attached hydrogens (tertiary/aromatic N) is 1. The van der Waals surface area contributed by atoms with Crippen LogP contribution in [0.2, 0.25) is 0 Å². The maximum Gasteiger partial charge on any atom is 0.264 e. The van der Waals surface area contributed by atoms with Crippen molar-refractivity contribution >= 4 is 45.6 Å². The number of benzene rings is 1. The number of halogens is 2. The third kappa shape index (κ3) is 3.48. The normalized spacial score (nSPS) is 21.1. The Kier molecular flexibility index (Phi) is 5.43. The van der Waals surface area contributed by atoms with Gasteiger partial charge < -0.3 is 10.6 Å². The van der Waals surface area contributed by atoms with Crippen LogP contribution in [0.4, 0.5) is 0 Å². The van der Waals surface area contributed by atoms with Crippen LogP contribution < -0.4 is 5.73 Å². The molecule has 3 rings (SSSR count). The summed E-state index contributed by atoms with van der Waals surface area (Å²) in [6.45, 7) is 1.31. The van der Waals surface area contributed by atoms with Gasteiger partial charge in [-0.25, -0.2) is 0 Å². The van der Waals surface area contributed by atoms with E-state index in [1.807, 2.05) is 34.5 Å². The highest BCUT2D eigenvalue weighted by Crippen LogP contribution is 2.29. The number of hydrogen-bond acceptors (Lipinski definition) is 3. The van der Waals surface area contributed by atoms with Crippen LogP contribution in [0.15, 0.2) is 46.3 Å². The van der Waals surface area contributed by atoms with Crippen molar-refractivity contribution in [2.45, 2.75) is 12.0 Å². The van der Waals surface area contributed by atoms with Crippen molar-refractivity contribution in [1.82, 2.24) is 4.90 Å². The molecule has 0 bridgehead atoms. The molecule has 112 valence electrons. The third-order valence-corrected chi connectivity index (χ3v) is 5.34. The van der Waals surface area contributed by atoms with E-state index in [4.69, 9.17) is 5.73 Å². The van der Waals surface area contributed by atoms with Gasteiger partial charge in [-0.05, 0) is 27.6 Å². The van der Waals surface area contributed by atoms with Gasteiger partial charge in [0.25, 0.3) is 5.91 Å². The van der Waals surface area contributed by atoms with Crippen LogP contribution in [0.25, 0.3) is 0 Å². The van der Waals surface area contributed by atoms with Crippen molar-refractivity contribution < 1.29 is 4.79 Å². The van der Waals surface area contributed by atoms with E-state index in [1.54, 1.807) is 0 Å². The molecule has 1 amide bonds. The molecule has 3 nitrogen and oxygen atoms in total. The topological polar surface area (TPSA) is 46.3 Å². The molecule has 6 heteroatoms. The fraction of sp³-hybridized carbons (Fsp3) is 0.267. The summed E-state index contributed by atoms with van der Waals surface area (Å²) in [6.07, 6.45) is 0. The van der Waals surface area contributed by atoms with Crippen molar-refractivity contribution in [3.8, 4) is 0 Å². The Balaban J connectivity index is 0.00000161. The summed E-state index contributed by atoms with van der Waals surface area (Å²) in [4.78, 5) is 15.1. The zero-order valence-corrected chi connectivity index (χ0v) is 14.5. The molecule has 0 spiro atoms. The smallest absolute Gasteiger partial charge is 0.264 e. The van der Waals surface area contributed by atoms with Crippen LogP contribution in [0.1, 0.15) is 21.2 Å². The molecule has 2 aromatic rings. The highest BCUT2D eigenvalue weighted by Gasteiger charge is 2.34. The number of amides is 1. The zero-order chi connectivity index (χ0) is 14.1. The average Bonchev–Trinajstić information content (AvgIpc) is 3.05. The Bertz CT molecular complexity index is 619. The molecule has 2 atom stereocenters. The lowest BCUT2D eigenvalue weighted by Crippen LogP contribution is -2.31. The maximum absolute atomic E-state index is 12.4. The van der Waals surface area contributed by atoms with Crippen molar-refractivity contribution in [2.75, 3.05) is 13.1 Å². The molecule has 1 aliphatic heterocycles. The molecule has 1 aromatic heterocycles. The lowest BCUT2D eigenvalue weighted by atomic mass is 9.95. The molecule has 1 aliphatic rings. The lowest BCUT2D eigenvalue weighted by Gasteiger charge is -2.15. The fourth-order valence-electron chi connectivity index (χ4n) is 2.63. The highest BCUT2D eigenvalue weighted by molar-refractivity contribution is 9.10. The largest absolute Gasteiger partial charge is 0.336 e. The number of likely N-dealkylation sites (tertiary alicyclic amines) is 1. The molecule has 21 heavy (non-hydrogen) atoms. The Labute approximate surface area is 142 Å². The van der Waals surface area contributed by atoms with Crippen LogP contribution in [0.3, 0.4) is 0 Å². The summed E-state index contributed by atoms with van der Waals surface area (Å²) in [5.74, 6) is 0.304. The molecular weight excluding hydrogens is 372 g/mol. The van der Waals surface area contributed by atoms with Crippen molar-refractivity contribution in [2.24, 2.45) is 5.73 Å².